The van der Waals surface area contributed by atoms with Crippen molar-refractivity contribution in [2.75, 3.05) is 30.8 Å². The highest BCUT2D eigenvalue weighted by Gasteiger charge is 2.22. The molecule has 3 nitrogen and oxygen atoms in total. The van der Waals surface area contributed by atoms with Crippen molar-refractivity contribution in [3.8, 4) is 6.07 Å². The van der Waals surface area contributed by atoms with E-state index in [2.05, 4.69) is 31.7 Å². The second-order valence-electron chi connectivity index (χ2n) is 5.35. The van der Waals surface area contributed by atoms with Gasteiger partial charge in [0, 0.05) is 18.0 Å². The molecule has 0 saturated carbocycles. The Kier molecular flexibility index (Phi) is 5.71. The van der Waals surface area contributed by atoms with Crippen LogP contribution in [-0.2, 0) is 0 Å². The van der Waals surface area contributed by atoms with Crippen LogP contribution in [0.5, 0.6) is 0 Å². The zero-order valence-electron chi connectivity index (χ0n) is 12.2. The van der Waals surface area contributed by atoms with Gasteiger partial charge in [0.25, 0.3) is 0 Å². The lowest BCUT2D eigenvalue weighted by atomic mass is 9.92. The number of nitriles is 1. The third kappa shape index (κ3) is 3.89. The molecule has 4 heteroatoms. The molecule has 2 N–H and O–H groups in total. The molecule has 0 radical (unpaired) electrons. The van der Waals surface area contributed by atoms with Crippen LogP contribution >= 0.6 is 11.8 Å². The summed E-state index contributed by atoms with van der Waals surface area (Å²) >= 11 is 1.61. The molecule has 0 atom stereocenters. The molecule has 0 heterocycles. The van der Waals surface area contributed by atoms with E-state index in [9.17, 15) is 5.26 Å². The van der Waals surface area contributed by atoms with Crippen LogP contribution in [0.3, 0.4) is 0 Å². The number of thioether (sulfide) groups is 1. The monoisotopic (exact) mass is 277 g/mol. The first-order chi connectivity index (χ1) is 8.99. The molecular formula is C15H23N3S. The second kappa shape index (κ2) is 6.83. The quantitative estimate of drug-likeness (QED) is 0.812. The van der Waals surface area contributed by atoms with Crippen LogP contribution in [0.15, 0.2) is 23.1 Å². The van der Waals surface area contributed by atoms with E-state index in [1.165, 1.54) is 0 Å². The molecule has 0 amide bonds. The Labute approximate surface area is 120 Å². The van der Waals surface area contributed by atoms with Gasteiger partial charge in [-0.3, -0.25) is 0 Å². The molecule has 0 aromatic heterocycles. The summed E-state index contributed by atoms with van der Waals surface area (Å²) < 4.78 is 0. The number of nitrogens with zero attached hydrogens (tertiary/aromatic N) is 2. The van der Waals surface area contributed by atoms with Crippen molar-refractivity contribution >= 4 is 17.4 Å². The van der Waals surface area contributed by atoms with Gasteiger partial charge in [-0.25, -0.2) is 0 Å². The number of hydrogen-bond donors (Lipinski definition) is 1. The topological polar surface area (TPSA) is 53.0 Å². The van der Waals surface area contributed by atoms with Crippen LogP contribution < -0.4 is 10.6 Å². The summed E-state index contributed by atoms with van der Waals surface area (Å²) in [7, 11) is 0. The second-order valence-corrected chi connectivity index (χ2v) is 6.20. The largest absolute Gasteiger partial charge is 0.370 e. The van der Waals surface area contributed by atoms with Crippen molar-refractivity contribution in [3.05, 3.63) is 23.8 Å². The molecule has 0 aliphatic carbocycles. The molecule has 0 unspecified atom stereocenters. The summed E-state index contributed by atoms with van der Waals surface area (Å²) in [6, 6.07) is 8.37. The first kappa shape index (κ1) is 15.9. The summed E-state index contributed by atoms with van der Waals surface area (Å²) in [6.07, 6.45) is 2.00. The fraction of sp³-hybridized carbons (Fsp3) is 0.533. The number of anilines is 1. The van der Waals surface area contributed by atoms with Gasteiger partial charge < -0.3 is 10.6 Å². The highest BCUT2D eigenvalue weighted by Crippen LogP contribution is 2.30. The maximum absolute atomic E-state index is 9.42. The highest BCUT2D eigenvalue weighted by molar-refractivity contribution is 7.98. The van der Waals surface area contributed by atoms with Gasteiger partial charge >= 0.3 is 0 Å². The summed E-state index contributed by atoms with van der Waals surface area (Å²) in [5.41, 5.74) is 7.64. The van der Waals surface area contributed by atoms with E-state index < -0.39 is 0 Å². The van der Waals surface area contributed by atoms with E-state index in [4.69, 9.17) is 5.73 Å². The fourth-order valence-electron chi connectivity index (χ4n) is 2.01. The minimum atomic E-state index is 0.0398. The molecule has 19 heavy (non-hydrogen) atoms. The number of nitrogens with two attached hydrogens (primary N) is 1. The Morgan fingerprint density at radius 3 is 2.58 bits per heavy atom. The molecule has 0 bridgehead atoms. The van der Waals surface area contributed by atoms with Gasteiger partial charge in [-0.1, -0.05) is 19.9 Å². The zero-order valence-corrected chi connectivity index (χ0v) is 13.0. The van der Waals surface area contributed by atoms with Gasteiger partial charge in [-0.15, -0.1) is 11.8 Å². The van der Waals surface area contributed by atoms with Gasteiger partial charge in [0.2, 0.25) is 0 Å². The molecule has 0 saturated heterocycles. The summed E-state index contributed by atoms with van der Waals surface area (Å²) in [6.45, 7) is 8.77. The van der Waals surface area contributed by atoms with E-state index in [1.807, 2.05) is 24.5 Å². The van der Waals surface area contributed by atoms with Gasteiger partial charge in [-0.2, -0.15) is 5.26 Å². The first-order valence-electron chi connectivity index (χ1n) is 6.51. The summed E-state index contributed by atoms with van der Waals surface area (Å²) in [4.78, 5) is 3.27. The Morgan fingerprint density at radius 1 is 1.42 bits per heavy atom. The van der Waals surface area contributed by atoms with E-state index in [-0.39, 0.29) is 5.41 Å². The van der Waals surface area contributed by atoms with Crippen LogP contribution in [0.25, 0.3) is 0 Å². The van der Waals surface area contributed by atoms with Crippen LogP contribution in [0, 0.1) is 16.7 Å². The van der Waals surface area contributed by atoms with Gasteiger partial charge in [-0.05, 0) is 37.3 Å². The predicted molar refractivity (Wildman–Crippen MR) is 83.7 cm³/mol. The van der Waals surface area contributed by atoms with Crippen LogP contribution in [-0.4, -0.2) is 25.9 Å². The number of rotatable bonds is 6. The van der Waals surface area contributed by atoms with E-state index in [0.717, 1.165) is 29.2 Å². The molecule has 0 aliphatic rings. The molecule has 1 rings (SSSR count). The fourth-order valence-corrected chi connectivity index (χ4v) is 2.58. The molecule has 1 aromatic carbocycles. The van der Waals surface area contributed by atoms with Crippen molar-refractivity contribution in [1.29, 1.82) is 5.26 Å². The van der Waals surface area contributed by atoms with Gasteiger partial charge in [0.05, 0.1) is 11.3 Å². The normalized spacial score (nSPS) is 11.2. The Balaban J connectivity index is 3.16. The molecule has 0 aliphatic heterocycles. The smallest absolute Gasteiger partial charge is 0.103 e. The lowest BCUT2D eigenvalue weighted by molar-refractivity contribution is 0.379. The third-order valence-corrected chi connectivity index (χ3v) is 4.01. The minimum absolute atomic E-state index is 0.0398. The first-order valence-corrected chi connectivity index (χ1v) is 7.73. The van der Waals surface area contributed by atoms with E-state index >= 15 is 0 Å². The third-order valence-electron chi connectivity index (χ3n) is 3.23. The van der Waals surface area contributed by atoms with Crippen LogP contribution in [0.4, 0.5) is 5.69 Å². The van der Waals surface area contributed by atoms with Crippen LogP contribution in [0.2, 0.25) is 0 Å². The Hall–Kier alpha value is -1.18. The molecule has 104 valence electrons. The number of benzene rings is 1. The maximum atomic E-state index is 9.42. The number of hydrogen-bond acceptors (Lipinski definition) is 4. The zero-order chi connectivity index (χ0) is 14.5. The average molecular weight is 277 g/mol. The predicted octanol–water partition coefficient (Wildman–Crippen LogP) is 3.09. The maximum Gasteiger partial charge on any atom is 0.103 e. The van der Waals surface area contributed by atoms with Gasteiger partial charge in [0.15, 0.2) is 0 Å². The lowest BCUT2D eigenvalue weighted by Gasteiger charge is -2.33. The molecule has 1 aromatic rings. The summed E-state index contributed by atoms with van der Waals surface area (Å²) in [5, 5.41) is 9.42. The molecule has 0 spiro atoms. The lowest BCUT2D eigenvalue weighted by Crippen LogP contribution is -2.39. The van der Waals surface area contributed by atoms with Crippen molar-refractivity contribution in [2.45, 2.75) is 25.7 Å². The Morgan fingerprint density at radius 2 is 2.11 bits per heavy atom. The minimum Gasteiger partial charge on any atom is -0.370 e. The molecule has 0 fully saturated rings. The van der Waals surface area contributed by atoms with Crippen molar-refractivity contribution in [3.63, 3.8) is 0 Å². The SMILES string of the molecule is CCN(CC(C)(C)CN)c1cccc(SC)c1C#N. The summed E-state index contributed by atoms with van der Waals surface area (Å²) in [5.74, 6) is 0. The van der Waals surface area contributed by atoms with Crippen LogP contribution in [0.1, 0.15) is 26.3 Å². The van der Waals surface area contributed by atoms with Gasteiger partial charge in [0.1, 0.15) is 6.07 Å². The molecular weight excluding hydrogens is 254 g/mol. The van der Waals surface area contributed by atoms with E-state index in [1.54, 1.807) is 11.8 Å². The Bertz CT molecular complexity index is 463. The highest BCUT2D eigenvalue weighted by atomic mass is 32.2. The van der Waals surface area contributed by atoms with Crippen molar-refractivity contribution < 1.29 is 0 Å². The van der Waals surface area contributed by atoms with E-state index in [0.29, 0.717) is 6.54 Å². The average Bonchev–Trinajstić information content (AvgIpc) is 2.43. The van der Waals surface area contributed by atoms with Crippen molar-refractivity contribution in [2.24, 2.45) is 11.1 Å². The van der Waals surface area contributed by atoms with Crippen molar-refractivity contribution in [1.82, 2.24) is 0 Å². The standard InChI is InChI=1S/C15H23N3S/c1-5-18(11-15(2,3)10-17)13-7-6-8-14(19-4)12(13)9-16/h6-8H,5,10-11,17H2,1-4H3.